The number of hydrogen-bond acceptors (Lipinski definition) is 4. The molecule has 24 heavy (non-hydrogen) atoms. The molecule has 0 N–H and O–H groups in total. The highest BCUT2D eigenvalue weighted by atomic mass is 16.1. The number of fused-ring (bicyclic) bond motifs is 1. The van der Waals surface area contributed by atoms with Crippen molar-refractivity contribution in [1.82, 2.24) is 14.5 Å². The Morgan fingerprint density at radius 3 is 2.92 bits per heavy atom. The van der Waals surface area contributed by atoms with Crippen molar-refractivity contribution in [2.45, 2.75) is 45.7 Å². The number of Topliss-reactive ketones (excluding diaryl/α,β-unsaturated/α-hetero) is 1. The molecule has 3 rings (SSSR count). The summed E-state index contributed by atoms with van der Waals surface area (Å²) in [7, 11) is 2.08. The molecule has 2 atom stereocenters. The fourth-order valence-electron chi connectivity index (χ4n) is 3.69. The fourth-order valence-corrected chi connectivity index (χ4v) is 3.69. The van der Waals surface area contributed by atoms with Crippen LogP contribution in [0.4, 0.5) is 0 Å². The van der Waals surface area contributed by atoms with Gasteiger partial charge in [-0.3, -0.25) is 14.2 Å². The fraction of sp³-hybridized carbons (Fsp3) is 0.526. The second-order valence-corrected chi connectivity index (χ2v) is 7.11. The average molecular weight is 327 g/mol. The first-order chi connectivity index (χ1) is 11.5. The molecule has 0 spiro atoms. The van der Waals surface area contributed by atoms with E-state index >= 15 is 0 Å². The number of aromatic nitrogens is 2. The third-order valence-electron chi connectivity index (χ3n) is 5.16. The van der Waals surface area contributed by atoms with Crippen molar-refractivity contribution in [3.05, 3.63) is 40.4 Å². The van der Waals surface area contributed by atoms with E-state index in [4.69, 9.17) is 0 Å². The van der Waals surface area contributed by atoms with Gasteiger partial charge in [-0.1, -0.05) is 18.6 Å². The second kappa shape index (κ2) is 6.85. The molecule has 1 aliphatic heterocycles. The number of carbonyl (C=O) groups excluding carboxylic acids is 1. The Balaban J connectivity index is 1.78. The molecular formula is C19H25N3O2. The minimum absolute atomic E-state index is 0.0940. The number of hydrogen-bond donors (Lipinski definition) is 0. The number of ketones is 1. The summed E-state index contributed by atoms with van der Waals surface area (Å²) in [5, 5.41) is 0.577. The van der Waals surface area contributed by atoms with Gasteiger partial charge in [-0.05, 0) is 51.4 Å². The minimum Gasteiger partial charge on any atom is -0.303 e. The predicted molar refractivity (Wildman–Crippen MR) is 95.2 cm³/mol. The van der Waals surface area contributed by atoms with E-state index in [2.05, 4.69) is 23.9 Å². The molecule has 1 saturated heterocycles. The van der Waals surface area contributed by atoms with Crippen molar-refractivity contribution >= 4 is 16.7 Å². The van der Waals surface area contributed by atoms with E-state index in [1.165, 1.54) is 23.7 Å². The van der Waals surface area contributed by atoms with Gasteiger partial charge in [-0.25, -0.2) is 4.98 Å². The van der Waals surface area contributed by atoms with E-state index in [0.717, 1.165) is 12.1 Å². The SMILES string of the molecule is Cc1ccc2ncn(CC(=O)CC3C(C)CCCN3C)c(=O)c2c1. The van der Waals surface area contributed by atoms with E-state index in [-0.39, 0.29) is 23.9 Å². The van der Waals surface area contributed by atoms with Crippen molar-refractivity contribution in [3.63, 3.8) is 0 Å². The van der Waals surface area contributed by atoms with Crippen LogP contribution in [0.5, 0.6) is 0 Å². The largest absolute Gasteiger partial charge is 0.303 e. The van der Waals surface area contributed by atoms with Crippen LogP contribution in [0.15, 0.2) is 29.3 Å². The molecule has 2 unspecified atom stereocenters. The van der Waals surface area contributed by atoms with Crippen molar-refractivity contribution < 1.29 is 4.79 Å². The Hall–Kier alpha value is -2.01. The van der Waals surface area contributed by atoms with Gasteiger partial charge >= 0.3 is 0 Å². The van der Waals surface area contributed by atoms with Crippen LogP contribution in [-0.2, 0) is 11.3 Å². The van der Waals surface area contributed by atoms with Gasteiger partial charge in [-0.2, -0.15) is 0 Å². The van der Waals surface area contributed by atoms with Crippen molar-refractivity contribution in [2.75, 3.05) is 13.6 Å². The minimum atomic E-state index is -0.137. The third kappa shape index (κ3) is 3.41. The first-order valence-corrected chi connectivity index (χ1v) is 8.63. The summed E-state index contributed by atoms with van der Waals surface area (Å²) in [5.74, 6) is 0.610. The molecule has 1 fully saturated rings. The van der Waals surface area contributed by atoms with Crippen molar-refractivity contribution in [1.29, 1.82) is 0 Å². The highest BCUT2D eigenvalue weighted by Crippen LogP contribution is 2.24. The zero-order chi connectivity index (χ0) is 17.3. The van der Waals surface area contributed by atoms with Gasteiger partial charge in [0.1, 0.15) is 0 Å². The van der Waals surface area contributed by atoms with Gasteiger partial charge in [0.05, 0.1) is 23.8 Å². The first kappa shape index (κ1) is 16.8. The number of nitrogens with zero attached hydrogens (tertiary/aromatic N) is 3. The van der Waals surface area contributed by atoms with Gasteiger partial charge in [-0.15, -0.1) is 0 Å². The quantitative estimate of drug-likeness (QED) is 0.865. The lowest BCUT2D eigenvalue weighted by Crippen LogP contribution is -2.43. The number of likely N-dealkylation sites (tertiary alicyclic amines) is 1. The summed E-state index contributed by atoms with van der Waals surface area (Å²) in [6.07, 6.45) is 4.34. The van der Waals surface area contributed by atoms with E-state index in [1.54, 1.807) is 0 Å². The summed E-state index contributed by atoms with van der Waals surface area (Å²) < 4.78 is 1.44. The van der Waals surface area contributed by atoms with Crippen LogP contribution in [0.1, 0.15) is 31.7 Å². The molecule has 2 aromatic rings. The van der Waals surface area contributed by atoms with Crippen LogP contribution in [0.3, 0.4) is 0 Å². The maximum absolute atomic E-state index is 12.6. The zero-order valence-corrected chi connectivity index (χ0v) is 14.7. The average Bonchev–Trinajstić information content (AvgIpc) is 2.54. The summed E-state index contributed by atoms with van der Waals surface area (Å²) in [4.78, 5) is 31.7. The van der Waals surface area contributed by atoms with E-state index < -0.39 is 0 Å². The lowest BCUT2D eigenvalue weighted by atomic mass is 9.88. The van der Waals surface area contributed by atoms with Crippen molar-refractivity contribution in [2.24, 2.45) is 5.92 Å². The van der Waals surface area contributed by atoms with Gasteiger partial charge in [0, 0.05) is 12.5 Å². The highest BCUT2D eigenvalue weighted by Gasteiger charge is 2.27. The van der Waals surface area contributed by atoms with E-state index in [1.807, 2.05) is 25.1 Å². The number of carbonyl (C=O) groups is 1. The molecule has 2 heterocycles. The first-order valence-electron chi connectivity index (χ1n) is 8.63. The molecule has 1 aliphatic rings. The maximum Gasteiger partial charge on any atom is 0.261 e. The molecule has 0 amide bonds. The molecule has 0 saturated carbocycles. The number of benzene rings is 1. The lowest BCUT2D eigenvalue weighted by molar-refractivity contribution is -0.121. The Bertz CT molecular complexity index is 802. The Labute approximate surface area is 142 Å². The number of piperidine rings is 1. The molecule has 1 aromatic heterocycles. The van der Waals surface area contributed by atoms with Gasteiger partial charge in [0.2, 0.25) is 0 Å². The highest BCUT2D eigenvalue weighted by molar-refractivity contribution is 5.80. The second-order valence-electron chi connectivity index (χ2n) is 7.11. The summed E-state index contributed by atoms with van der Waals surface area (Å²) in [6, 6.07) is 5.89. The summed E-state index contributed by atoms with van der Waals surface area (Å²) in [5.41, 5.74) is 1.56. The lowest BCUT2D eigenvalue weighted by Gasteiger charge is -2.37. The summed E-state index contributed by atoms with van der Waals surface area (Å²) >= 11 is 0. The van der Waals surface area contributed by atoms with Crippen LogP contribution in [0.25, 0.3) is 10.9 Å². The molecule has 0 radical (unpaired) electrons. The van der Waals surface area contributed by atoms with Gasteiger partial charge in [0.25, 0.3) is 5.56 Å². The Morgan fingerprint density at radius 1 is 1.38 bits per heavy atom. The smallest absolute Gasteiger partial charge is 0.261 e. The monoisotopic (exact) mass is 327 g/mol. The Morgan fingerprint density at radius 2 is 2.17 bits per heavy atom. The number of rotatable bonds is 4. The number of aryl methyl sites for hydroxylation is 1. The molecule has 5 nitrogen and oxygen atoms in total. The van der Waals surface area contributed by atoms with Crippen LogP contribution in [-0.4, -0.2) is 39.9 Å². The van der Waals surface area contributed by atoms with Crippen LogP contribution < -0.4 is 5.56 Å². The van der Waals surface area contributed by atoms with Crippen LogP contribution in [0.2, 0.25) is 0 Å². The Kier molecular flexibility index (Phi) is 4.81. The molecular weight excluding hydrogens is 302 g/mol. The van der Waals surface area contributed by atoms with E-state index in [0.29, 0.717) is 23.2 Å². The normalized spacial score (nSPS) is 22.0. The third-order valence-corrected chi connectivity index (χ3v) is 5.16. The van der Waals surface area contributed by atoms with Crippen LogP contribution >= 0.6 is 0 Å². The van der Waals surface area contributed by atoms with Gasteiger partial charge in [0.15, 0.2) is 5.78 Å². The van der Waals surface area contributed by atoms with Gasteiger partial charge < -0.3 is 4.90 Å². The topological polar surface area (TPSA) is 55.2 Å². The standard InChI is InChI=1S/C19H25N3O2/c1-13-6-7-17-16(9-13)19(24)22(12-20-17)11-15(23)10-18-14(2)5-4-8-21(18)3/h6-7,9,12,14,18H,4-5,8,10-11H2,1-3H3. The van der Waals surface area contributed by atoms with E-state index in [9.17, 15) is 9.59 Å². The molecule has 0 aliphatic carbocycles. The van der Waals surface area contributed by atoms with Crippen LogP contribution in [0, 0.1) is 12.8 Å². The predicted octanol–water partition coefficient (Wildman–Crippen LogP) is 2.39. The molecule has 1 aromatic carbocycles. The summed E-state index contributed by atoms with van der Waals surface area (Å²) in [6.45, 7) is 5.30. The molecule has 5 heteroatoms. The molecule has 128 valence electrons. The zero-order valence-electron chi connectivity index (χ0n) is 14.7. The maximum atomic E-state index is 12.6. The van der Waals surface area contributed by atoms with Crippen molar-refractivity contribution in [3.8, 4) is 0 Å². The molecule has 0 bridgehead atoms.